The first-order valence-corrected chi connectivity index (χ1v) is 10.9. The zero-order chi connectivity index (χ0) is 21.8. The van der Waals surface area contributed by atoms with E-state index in [-0.39, 0.29) is 11.4 Å². The zero-order valence-electron chi connectivity index (χ0n) is 16.1. The summed E-state index contributed by atoms with van der Waals surface area (Å²) in [5, 5.41) is 2.51. The Labute approximate surface area is 173 Å². The van der Waals surface area contributed by atoms with Crippen molar-refractivity contribution >= 4 is 15.9 Å². The van der Waals surface area contributed by atoms with Crippen molar-refractivity contribution in [2.45, 2.75) is 11.1 Å². The van der Waals surface area contributed by atoms with Crippen LogP contribution in [-0.4, -0.2) is 62.8 Å². The number of rotatable bonds is 6. The van der Waals surface area contributed by atoms with E-state index in [0.717, 1.165) is 12.1 Å². The molecule has 0 aliphatic carbocycles. The molecule has 3 rings (SSSR count). The number of halogens is 3. The van der Waals surface area contributed by atoms with Crippen molar-refractivity contribution < 1.29 is 26.4 Å². The zero-order valence-corrected chi connectivity index (χ0v) is 16.9. The van der Waals surface area contributed by atoms with Crippen LogP contribution in [0.15, 0.2) is 59.5 Å². The van der Waals surface area contributed by atoms with Crippen molar-refractivity contribution in [3.05, 3.63) is 65.7 Å². The molecule has 1 fully saturated rings. The summed E-state index contributed by atoms with van der Waals surface area (Å²) >= 11 is 0. The van der Waals surface area contributed by atoms with Crippen LogP contribution in [0.1, 0.15) is 15.9 Å². The number of alkyl halides is 3. The van der Waals surface area contributed by atoms with Crippen molar-refractivity contribution in [1.82, 2.24) is 14.5 Å². The van der Waals surface area contributed by atoms with Crippen LogP contribution in [0.3, 0.4) is 0 Å². The minimum Gasteiger partial charge on any atom is -0.351 e. The molecule has 0 unspecified atom stereocenters. The van der Waals surface area contributed by atoms with Crippen LogP contribution in [0.25, 0.3) is 0 Å². The summed E-state index contributed by atoms with van der Waals surface area (Å²) in [5.41, 5.74) is -1.38. The molecule has 162 valence electrons. The van der Waals surface area contributed by atoms with Crippen molar-refractivity contribution in [2.24, 2.45) is 0 Å². The number of carbonyl (C=O) groups is 1. The maximum absolute atomic E-state index is 13.0. The van der Waals surface area contributed by atoms with E-state index in [0.29, 0.717) is 32.7 Å². The minimum absolute atomic E-state index is 0.163. The van der Waals surface area contributed by atoms with Gasteiger partial charge in [0, 0.05) is 39.3 Å². The molecule has 1 N–H and O–H groups in total. The molecule has 10 heteroatoms. The molecule has 0 radical (unpaired) electrons. The summed E-state index contributed by atoms with van der Waals surface area (Å²) in [7, 11) is -3.54. The van der Waals surface area contributed by atoms with Gasteiger partial charge >= 0.3 is 6.18 Å². The predicted octanol–water partition coefficient (Wildman–Crippen LogP) is 2.44. The second kappa shape index (κ2) is 9.15. The summed E-state index contributed by atoms with van der Waals surface area (Å²) in [6, 6.07) is 12.8. The van der Waals surface area contributed by atoms with Crippen LogP contribution >= 0.6 is 0 Å². The Morgan fingerprint density at radius 1 is 0.933 bits per heavy atom. The highest BCUT2D eigenvalue weighted by atomic mass is 32.2. The van der Waals surface area contributed by atoms with Crippen molar-refractivity contribution in [1.29, 1.82) is 0 Å². The summed E-state index contributed by atoms with van der Waals surface area (Å²) < 4.78 is 65.8. The van der Waals surface area contributed by atoms with Gasteiger partial charge in [0.2, 0.25) is 10.0 Å². The fourth-order valence-electron chi connectivity index (χ4n) is 3.29. The Morgan fingerprint density at radius 3 is 2.17 bits per heavy atom. The monoisotopic (exact) mass is 441 g/mol. The van der Waals surface area contributed by atoms with Crippen LogP contribution in [0, 0.1) is 0 Å². The maximum Gasteiger partial charge on any atom is 0.417 e. The first-order chi connectivity index (χ1) is 14.2. The molecule has 0 saturated carbocycles. The highest BCUT2D eigenvalue weighted by Crippen LogP contribution is 2.31. The van der Waals surface area contributed by atoms with Crippen molar-refractivity contribution in [3.63, 3.8) is 0 Å². The minimum atomic E-state index is -4.60. The number of hydrogen-bond donors (Lipinski definition) is 1. The third kappa shape index (κ3) is 5.18. The van der Waals surface area contributed by atoms with E-state index in [4.69, 9.17) is 0 Å². The van der Waals surface area contributed by atoms with E-state index in [9.17, 15) is 26.4 Å². The molecule has 2 aromatic rings. The van der Waals surface area contributed by atoms with Gasteiger partial charge in [0.25, 0.3) is 5.91 Å². The molecular formula is C20H22F3N3O3S. The molecule has 0 bridgehead atoms. The van der Waals surface area contributed by atoms with Crippen LogP contribution in [0.4, 0.5) is 13.2 Å². The Balaban J connectivity index is 1.50. The number of benzene rings is 2. The number of piperazine rings is 1. The molecule has 0 spiro atoms. The number of hydrogen-bond acceptors (Lipinski definition) is 4. The van der Waals surface area contributed by atoms with Gasteiger partial charge in [-0.05, 0) is 24.3 Å². The van der Waals surface area contributed by atoms with Gasteiger partial charge in [0.15, 0.2) is 0 Å². The van der Waals surface area contributed by atoms with Gasteiger partial charge < -0.3 is 5.32 Å². The van der Waals surface area contributed by atoms with Gasteiger partial charge in [-0.1, -0.05) is 30.3 Å². The van der Waals surface area contributed by atoms with Crippen molar-refractivity contribution in [2.75, 3.05) is 39.3 Å². The fraction of sp³-hybridized carbons (Fsp3) is 0.350. The van der Waals surface area contributed by atoms with E-state index >= 15 is 0 Å². The molecule has 1 saturated heterocycles. The van der Waals surface area contributed by atoms with Gasteiger partial charge in [-0.2, -0.15) is 17.5 Å². The lowest BCUT2D eigenvalue weighted by molar-refractivity contribution is -0.137. The largest absolute Gasteiger partial charge is 0.417 e. The quantitative estimate of drug-likeness (QED) is 0.748. The van der Waals surface area contributed by atoms with E-state index < -0.39 is 33.2 Å². The second-order valence-electron chi connectivity index (χ2n) is 6.86. The van der Waals surface area contributed by atoms with E-state index in [1.807, 2.05) is 4.90 Å². The smallest absolute Gasteiger partial charge is 0.351 e. The van der Waals surface area contributed by atoms with Gasteiger partial charge in [0.1, 0.15) is 0 Å². The average molecular weight is 441 g/mol. The molecule has 1 aliphatic heterocycles. The van der Waals surface area contributed by atoms with E-state index in [1.165, 1.54) is 16.4 Å². The topological polar surface area (TPSA) is 69.7 Å². The van der Waals surface area contributed by atoms with E-state index in [2.05, 4.69) is 5.32 Å². The second-order valence-corrected chi connectivity index (χ2v) is 8.80. The number of sulfonamides is 1. The third-order valence-electron chi connectivity index (χ3n) is 4.90. The molecule has 1 aliphatic rings. The van der Waals surface area contributed by atoms with Crippen LogP contribution in [0.2, 0.25) is 0 Å². The Morgan fingerprint density at radius 2 is 1.53 bits per heavy atom. The average Bonchev–Trinajstić information content (AvgIpc) is 2.74. The standard InChI is InChI=1S/C20H22F3N3O3S/c21-20(22,23)18-9-5-4-8-17(18)19(27)24-10-11-25-12-14-26(15-13-25)30(28,29)16-6-2-1-3-7-16/h1-9H,10-15H2,(H,24,27). The number of carbonyl (C=O) groups excluding carboxylic acids is 1. The van der Waals surface area contributed by atoms with Crippen LogP contribution in [0.5, 0.6) is 0 Å². The van der Waals surface area contributed by atoms with Crippen LogP contribution < -0.4 is 5.32 Å². The SMILES string of the molecule is O=C(NCCN1CCN(S(=O)(=O)c2ccccc2)CC1)c1ccccc1C(F)(F)F. The van der Waals surface area contributed by atoms with Crippen LogP contribution in [-0.2, 0) is 16.2 Å². The lowest BCUT2D eigenvalue weighted by Crippen LogP contribution is -2.50. The molecule has 6 nitrogen and oxygen atoms in total. The van der Waals surface area contributed by atoms with Gasteiger partial charge in [-0.25, -0.2) is 8.42 Å². The molecule has 2 aromatic carbocycles. The summed E-state index contributed by atoms with van der Waals surface area (Å²) in [4.78, 5) is 14.4. The Bertz CT molecular complexity index is 974. The molecule has 1 amide bonds. The summed E-state index contributed by atoms with van der Waals surface area (Å²) in [5.74, 6) is -0.784. The lowest BCUT2D eigenvalue weighted by Gasteiger charge is -2.34. The van der Waals surface area contributed by atoms with E-state index in [1.54, 1.807) is 30.3 Å². The highest BCUT2D eigenvalue weighted by Gasteiger charge is 2.35. The maximum atomic E-state index is 13.0. The third-order valence-corrected chi connectivity index (χ3v) is 6.82. The first-order valence-electron chi connectivity index (χ1n) is 9.41. The normalized spacial score (nSPS) is 16.4. The van der Waals surface area contributed by atoms with Gasteiger partial charge in [0.05, 0.1) is 16.0 Å². The Kier molecular flexibility index (Phi) is 6.79. The van der Waals surface area contributed by atoms with Gasteiger partial charge in [-0.15, -0.1) is 0 Å². The van der Waals surface area contributed by atoms with Gasteiger partial charge in [-0.3, -0.25) is 9.69 Å². The fourth-order valence-corrected chi connectivity index (χ4v) is 4.73. The Hall–Kier alpha value is -2.43. The number of nitrogens with zero attached hydrogens (tertiary/aromatic N) is 2. The molecular weight excluding hydrogens is 419 g/mol. The highest BCUT2D eigenvalue weighted by molar-refractivity contribution is 7.89. The molecule has 0 atom stereocenters. The lowest BCUT2D eigenvalue weighted by atomic mass is 10.1. The molecule has 1 heterocycles. The molecule has 0 aromatic heterocycles. The summed E-state index contributed by atoms with van der Waals surface area (Å²) in [6.45, 7) is 2.14. The predicted molar refractivity (Wildman–Crippen MR) is 105 cm³/mol. The molecule has 30 heavy (non-hydrogen) atoms. The van der Waals surface area contributed by atoms with Crippen molar-refractivity contribution in [3.8, 4) is 0 Å². The number of nitrogens with one attached hydrogen (secondary N) is 1. The number of amides is 1. The first kappa shape index (κ1) is 22.3. The summed E-state index contributed by atoms with van der Waals surface area (Å²) in [6.07, 6.45) is -4.60.